The Morgan fingerprint density at radius 2 is 1.76 bits per heavy atom. The van der Waals surface area contributed by atoms with Crippen molar-refractivity contribution in [3.05, 3.63) is 87.0 Å². The van der Waals surface area contributed by atoms with E-state index in [9.17, 15) is 9.59 Å². The summed E-state index contributed by atoms with van der Waals surface area (Å²) in [5.74, 6) is -0.628. The lowest BCUT2D eigenvalue weighted by molar-refractivity contribution is 0.0177. The maximum Gasteiger partial charge on any atom is 0.335 e. The number of aromatic carboxylic acids is 1. The molecule has 2 aromatic carbocycles. The first-order valence-electron chi connectivity index (χ1n) is 11.6. The van der Waals surface area contributed by atoms with E-state index in [0.29, 0.717) is 44.0 Å². The molecule has 0 saturated carbocycles. The van der Waals surface area contributed by atoms with Gasteiger partial charge in [0.25, 0.3) is 5.91 Å². The second-order valence-electron chi connectivity index (χ2n) is 8.98. The number of oxime groups is 1. The number of carboxylic acids is 1. The molecule has 1 aliphatic heterocycles. The van der Waals surface area contributed by atoms with Crippen molar-refractivity contribution in [3.8, 4) is 5.75 Å². The summed E-state index contributed by atoms with van der Waals surface area (Å²) in [5, 5.41) is 17.0. The lowest BCUT2D eigenvalue weighted by atomic mass is 9.87. The molecule has 0 bridgehead atoms. The normalized spacial score (nSPS) is 16.8. The predicted molar refractivity (Wildman–Crippen MR) is 142 cm³/mol. The van der Waals surface area contributed by atoms with E-state index in [0.717, 1.165) is 0 Å². The van der Waals surface area contributed by atoms with Crippen molar-refractivity contribution in [2.24, 2.45) is 17.0 Å². The molecule has 10 heteroatoms. The second-order valence-corrected chi connectivity index (χ2v) is 9.79. The van der Waals surface area contributed by atoms with E-state index in [1.165, 1.54) is 30.5 Å². The summed E-state index contributed by atoms with van der Waals surface area (Å²) in [6, 6.07) is 12.7. The quantitative estimate of drug-likeness (QED) is 0.356. The molecule has 3 aromatic rings. The van der Waals surface area contributed by atoms with Gasteiger partial charge in [-0.2, -0.15) is 0 Å². The van der Waals surface area contributed by atoms with Crippen LogP contribution in [-0.4, -0.2) is 40.4 Å². The number of pyridine rings is 1. The van der Waals surface area contributed by atoms with Gasteiger partial charge >= 0.3 is 5.97 Å². The standard InChI is InChI=1S/C27H25Cl2N3O5/c1-14(2)24-19(23(32-37-24)22-20(28)5-4-6-21(22)29)13-36-18-11-15(3)25(30-12-18)31-26(33)16-7-9-17(10-8-16)27(34)35/h4-12,14,19,24H,13H2,1-3H3,(H,34,35)(H,30,31,33). The maximum atomic E-state index is 12.6. The Bertz CT molecular complexity index is 1340. The van der Waals surface area contributed by atoms with E-state index in [1.807, 2.05) is 13.8 Å². The van der Waals surface area contributed by atoms with Gasteiger partial charge in [-0.15, -0.1) is 0 Å². The summed E-state index contributed by atoms with van der Waals surface area (Å²) >= 11 is 12.9. The number of hydrogen-bond donors (Lipinski definition) is 2. The van der Waals surface area contributed by atoms with E-state index >= 15 is 0 Å². The number of nitrogens with one attached hydrogen (secondary N) is 1. The van der Waals surface area contributed by atoms with Gasteiger partial charge in [-0.1, -0.05) is 48.3 Å². The Balaban J connectivity index is 1.47. The van der Waals surface area contributed by atoms with E-state index in [-0.39, 0.29) is 30.1 Å². The number of nitrogens with zero attached hydrogens (tertiary/aromatic N) is 2. The molecule has 2 atom stereocenters. The van der Waals surface area contributed by atoms with Crippen LogP contribution in [-0.2, 0) is 4.84 Å². The largest absolute Gasteiger partial charge is 0.491 e. The zero-order chi connectivity index (χ0) is 26.7. The fourth-order valence-electron chi connectivity index (χ4n) is 4.04. The molecule has 2 unspecified atom stereocenters. The minimum Gasteiger partial charge on any atom is -0.491 e. The number of aryl methyl sites for hydroxylation is 1. The number of carbonyl (C=O) groups is 2. The minimum absolute atomic E-state index is 0.102. The van der Waals surface area contributed by atoms with Gasteiger partial charge < -0.3 is 20.0 Å². The summed E-state index contributed by atoms with van der Waals surface area (Å²) in [5.41, 5.74) is 2.38. The molecule has 0 fully saturated rings. The molecular formula is C27H25Cl2N3O5. The van der Waals surface area contributed by atoms with Gasteiger partial charge in [0, 0.05) is 11.1 Å². The van der Waals surface area contributed by atoms with Crippen molar-refractivity contribution in [1.82, 2.24) is 4.98 Å². The van der Waals surface area contributed by atoms with E-state index < -0.39 is 11.9 Å². The molecule has 37 heavy (non-hydrogen) atoms. The number of amides is 1. The molecule has 0 saturated heterocycles. The van der Waals surface area contributed by atoms with Gasteiger partial charge in [0.15, 0.2) is 0 Å². The topological polar surface area (TPSA) is 110 Å². The Kier molecular flexibility index (Phi) is 8.00. The Morgan fingerprint density at radius 1 is 1.11 bits per heavy atom. The third kappa shape index (κ3) is 5.87. The minimum atomic E-state index is -1.06. The molecule has 192 valence electrons. The molecule has 0 aliphatic carbocycles. The van der Waals surface area contributed by atoms with Crippen LogP contribution < -0.4 is 10.1 Å². The van der Waals surface area contributed by atoms with Crippen LogP contribution in [0.4, 0.5) is 5.82 Å². The molecule has 0 radical (unpaired) electrons. The third-order valence-electron chi connectivity index (χ3n) is 6.01. The van der Waals surface area contributed by atoms with Gasteiger partial charge in [-0.3, -0.25) is 4.79 Å². The Labute approximate surface area is 224 Å². The first-order chi connectivity index (χ1) is 17.7. The lowest BCUT2D eigenvalue weighted by Crippen LogP contribution is -2.33. The molecular weight excluding hydrogens is 517 g/mol. The molecule has 0 spiro atoms. The SMILES string of the molecule is Cc1cc(OCC2C(c3c(Cl)cccc3Cl)=NOC2C(C)C)cnc1NC(=O)c1ccc(C(=O)O)cc1. The zero-order valence-electron chi connectivity index (χ0n) is 20.4. The highest BCUT2D eigenvalue weighted by Crippen LogP contribution is 2.35. The van der Waals surface area contributed by atoms with Crippen LogP contribution in [0.25, 0.3) is 0 Å². The fourth-order valence-corrected chi connectivity index (χ4v) is 4.63. The second kappa shape index (κ2) is 11.2. The van der Waals surface area contributed by atoms with Crippen molar-refractivity contribution in [3.63, 3.8) is 0 Å². The van der Waals surface area contributed by atoms with Crippen molar-refractivity contribution in [2.45, 2.75) is 26.9 Å². The van der Waals surface area contributed by atoms with Crippen LogP contribution in [0.15, 0.2) is 59.9 Å². The monoisotopic (exact) mass is 541 g/mol. The number of benzene rings is 2. The van der Waals surface area contributed by atoms with E-state index in [1.54, 1.807) is 31.2 Å². The van der Waals surface area contributed by atoms with Gasteiger partial charge in [0.2, 0.25) is 0 Å². The summed E-state index contributed by atoms with van der Waals surface area (Å²) in [6.45, 7) is 6.15. The number of carbonyl (C=O) groups excluding carboxylic acids is 1. The summed E-state index contributed by atoms with van der Waals surface area (Å²) in [4.78, 5) is 33.7. The molecule has 1 aromatic heterocycles. The number of aromatic nitrogens is 1. The van der Waals surface area contributed by atoms with Gasteiger partial charge in [-0.05, 0) is 60.9 Å². The van der Waals surface area contributed by atoms with Crippen molar-refractivity contribution in [2.75, 3.05) is 11.9 Å². The summed E-state index contributed by atoms with van der Waals surface area (Å²) < 4.78 is 6.09. The lowest BCUT2D eigenvalue weighted by Gasteiger charge is -2.23. The van der Waals surface area contributed by atoms with E-state index in [2.05, 4.69) is 15.5 Å². The van der Waals surface area contributed by atoms with Gasteiger partial charge in [0.1, 0.15) is 30.0 Å². The average Bonchev–Trinajstić information content (AvgIpc) is 3.28. The fraction of sp³-hybridized carbons (Fsp3) is 0.259. The first-order valence-corrected chi connectivity index (χ1v) is 12.3. The highest BCUT2D eigenvalue weighted by atomic mass is 35.5. The highest BCUT2D eigenvalue weighted by Gasteiger charge is 2.39. The zero-order valence-corrected chi connectivity index (χ0v) is 21.9. The molecule has 1 aliphatic rings. The van der Waals surface area contributed by atoms with Crippen LogP contribution in [0, 0.1) is 18.8 Å². The molecule has 1 amide bonds. The van der Waals surface area contributed by atoms with Crippen LogP contribution in [0.5, 0.6) is 5.75 Å². The van der Waals surface area contributed by atoms with Crippen LogP contribution in [0.1, 0.15) is 45.7 Å². The molecule has 2 N–H and O–H groups in total. The molecule has 8 nitrogen and oxygen atoms in total. The highest BCUT2D eigenvalue weighted by molar-refractivity contribution is 6.40. The number of ether oxygens (including phenoxy) is 1. The van der Waals surface area contributed by atoms with Gasteiger partial charge in [-0.25, -0.2) is 9.78 Å². The van der Waals surface area contributed by atoms with Gasteiger partial charge in [0.05, 0.1) is 27.7 Å². The van der Waals surface area contributed by atoms with E-state index in [4.69, 9.17) is 37.9 Å². The van der Waals surface area contributed by atoms with Crippen molar-refractivity contribution >= 4 is 46.6 Å². The average molecular weight is 542 g/mol. The number of hydrogen-bond acceptors (Lipinski definition) is 6. The number of rotatable bonds is 8. The van der Waals surface area contributed by atoms with Crippen LogP contribution >= 0.6 is 23.2 Å². The summed E-state index contributed by atoms with van der Waals surface area (Å²) in [6.07, 6.45) is 1.30. The predicted octanol–water partition coefficient (Wildman–Crippen LogP) is 6.10. The van der Waals surface area contributed by atoms with Crippen LogP contribution in [0.2, 0.25) is 10.0 Å². The maximum absolute atomic E-state index is 12.6. The third-order valence-corrected chi connectivity index (χ3v) is 6.64. The van der Waals surface area contributed by atoms with Crippen molar-refractivity contribution in [1.29, 1.82) is 0 Å². The Hall–Kier alpha value is -3.62. The molecule has 2 heterocycles. The number of anilines is 1. The smallest absolute Gasteiger partial charge is 0.335 e. The number of carboxylic acid groups (broad SMARTS) is 1. The van der Waals surface area contributed by atoms with Crippen molar-refractivity contribution < 1.29 is 24.3 Å². The van der Waals surface area contributed by atoms with Crippen LogP contribution in [0.3, 0.4) is 0 Å². The molecule has 4 rings (SSSR count). The Morgan fingerprint density at radius 3 is 2.35 bits per heavy atom. The summed E-state index contributed by atoms with van der Waals surface area (Å²) in [7, 11) is 0. The number of halogens is 2. The first kappa shape index (κ1) is 26.4.